The van der Waals surface area contributed by atoms with Crippen LogP contribution in [0.5, 0.6) is 0 Å². The van der Waals surface area contributed by atoms with Crippen molar-refractivity contribution in [2.24, 2.45) is 0 Å². The van der Waals surface area contributed by atoms with Crippen molar-refractivity contribution in [1.82, 2.24) is 15.1 Å². The average molecular weight is 233 g/mol. The molecule has 1 aromatic rings. The van der Waals surface area contributed by atoms with Gasteiger partial charge in [0.25, 0.3) is 0 Å². The maximum Gasteiger partial charge on any atom is 0.168 e. The van der Waals surface area contributed by atoms with Crippen molar-refractivity contribution < 1.29 is 4.79 Å². The van der Waals surface area contributed by atoms with Crippen molar-refractivity contribution in [2.45, 2.75) is 51.1 Å². The lowest BCUT2D eigenvalue weighted by molar-refractivity contribution is 0.110. The van der Waals surface area contributed by atoms with E-state index in [1.807, 2.05) is 4.68 Å². The predicted octanol–water partition coefficient (Wildman–Crippen LogP) is 1.85. The fourth-order valence-corrected chi connectivity index (χ4v) is 3.09. The lowest BCUT2D eigenvalue weighted by atomic mass is 9.95. The quantitative estimate of drug-likeness (QED) is 0.793. The summed E-state index contributed by atoms with van der Waals surface area (Å²) in [6.07, 6.45) is 8.17. The van der Waals surface area contributed by atoms with Crippen molar-refractivity contribution in [1.29, 1.82) is 0 Å². The summed E-state index contributed by atoms with van der Waals surface area (Å²) in [5.41, 5.74) is 3.11. The van der Waals surface area contributed by atoms with Crippen molar-refractivity contribution >= 4 is 6.29 Å². The van der Waals surface area contributed by atoms with Crippen LogP contribution in [-0.4, -0.2) is 22.6 Å². The van der Waals surface area contributed by atoms with Gasteiger partial charge in [0, 0.05) is 12.1 Å². The molecule has 0 amide bonds. The minimum Gasteiger partial charge on any atom is -0.311 e. The van der Waals surface area contributed by atoms with Gasteiger partial charge in [0.05, 0.1) is 11.7 Å². The van der Waals surface area contributed by atoms with Gasteiger partial charge < -0.3 is 5.32 Å². The summed E-state index contributed by atoms with van der Waals surface area (Å²) in [6, 6.07) is 0.453. The molecule has 92 valence electrons. The molecule has 0 saturated heterocycles. The number of nitrogens with zero attached hydrogens (tertiary/aromatic N) is 2. The zero-order valence-electron chi connectivity index (χ0n) is 10.1. The van der Waals surface area contributed by atoms with Crippen molar-refractivity contribution in [2.75, 3.05) is 6.54 Å². The fourth-order valence-electron chi connectivity index (χ4n) is 3.09. The number of aromatic nitrogens is 2. The SMILES string of the molecule is O=Cc1c2c(nn1C1CCCCC1)CNCC2. The topological polar surface area (TPSA) is 46.9 Å². The van der Waals surface area contributed by atoms with Crippen LogP contribution in [0.25, 0.3) is 0 Å². The molecule has 1 aliphatic carbocycles. The largest absolute Gasteiger partial charge is 0.311 e. The Labute approximate surface area is 101 Å². The van der Waals surface area contributed by atoms with Crippen molar-refractivity contribution in [3.63, 3.8) is 0 Å². The molecule has 1 fully saturated rings. The molecule has 4 heteroatoms. The molecule has 4 nitrogen and oxygen atoms in total. The Kier molecular flexibility index (Phi) is 2.97. The first kappa shape index (κ1) is 11.0. The summed E-state index contributed by atoms with van der Waals surface area (Å²) < 4.78 is 2.02. The molecule has 1 aliphatic heterocycles. The summed E-state index contributed by atoms with van der Waals surface area (Å²) in [7, 11) is 0. The molecule has 0 bridgehead atoms. The third kappa shape index (κ3) is 1.90. The van der Waals surface area contributed by atoms with Gasteiger partial charge in [-0.1, -0.05) is 19.3 Å². The Balaban J connectivity index is 1.97. The minimum atomic E-state index is 0.453. The second-order valence-electron chi connectivity index (χ2n) is 5.09. The number of hydrogen-bond donors (Lipinski definition) is 1. The molecular formula is C13H19N3O. The summed E-state index contributed by atoms with van der Waals surface area (Å²) in [5.74, 6) is 0. The third-order valence-corrected chi connectivity index (χ3v) is 4.01. The average Bonchev–Trinajstić information content (AvgIpc) is 2.78. The lowest BCUT2D eigenvalue weighted by Gasteiger charge is -2.23. The molecule has 3 rings (SSSR count). The number of fused-ring (bicyclic) bond motifs is 1. The van der Waals surface area contributed by atoms with Crippen LogP contribution in [0.2, 0.25) is 0 Å². The van der Waals surface area contributed by atoms with E-state index in [0.29, 0.717) is 6.04 Å². The number of carbonyl (C=O) groups is 1. The summed E-state index contributed by atoms with van der Waals surface area (Å²) in [6.45, 7) is 1.78. The number of rotatable bonds is 2. The zero-order chi connectivity index (χ0) is 11.7. The van der Waals surface area contributed by atoms with Crippen LogP contribution in [0, 0.1) is 0 Å². The van der Waals surface area contributed by atoms with Crippen LogP contribution in [-0.2, 0) is 13.0 Å². The number of nitrogens with one attached hydrogen (secondary N) is 1. The van der Waals surface area contributed by atoms with E-state index in [4.69, 9.17) is 0 Å². The highest BCUT2D eigenvalue weighted by Gasteiger charge is 2.25. The van der Waals surface area contributed by atoms with Crippen molar-refractivity contribution in [3.05, 3.63) is 17.0 Å². The van der Waals surface area contributed by atoms with Crippen LogP contribution >= 0.6 is 0 Å². The Morgan fingerprint density at radius 2 is 2.12 bits per heavy atom. The number of carbonyl (C=O) groups excluding carboxylic acids is 1. The highest BCUT2D eigenvalue weighted by molar-refractivity contribution is 5.75. The van der Waals surface area contributed by atoms with Crippen LogP contribution in [0.15, 0.2) is 0 Å². The fraction of sp³-hybridized carbons (Fsp3) is 0.692. The first-order valence-corrected chi connectivity index (χ1v) is 6.66. The van der Waals surface area contributed by atoms with E-state index < -0.39 is 0 Å². The Morgan fingerprint density at radius 3 is 2.88 bits per heavy atom. The number of hydrogen-bond acceptors (Lipinski definition) is 3. The molecule has 2 heterocycles. The highest BCUT2D eigenvalue weighted by Crippen LogP contribution is 2.30. The van der Waals surface area contributed by atoms with Gasteiger partial charge in [-0.25, -0.2) is 0 Å². The summed E-state index contributed by atoms with van der Waals surface area (Å²) in [5, 5.41) is 7.98. The molecule has 0 unspecified atom stereocenters. The molecular weight excluding hydrogens is 214 g/mol. The van der Waals surface area contributed by atoms with E-state index in [1.54, 1.807) is 0 Å². The van der Waals surface area contributed by atoms with E-state index >= 15 is 0 Å². The van der Waals surface area contributed by atoms with Gasteiger partial charge in [-0.3, -0.25) is 9.48 Å². The second-order valence-corrected chi connectivity index (χ2v) is 5.09. The maximum absolute atomic E-state index is 11.3. The Hall–Kier alpha value is -1.16. The second kappa shape index (κ2) is 4.61. The molecule has 0 atom stereocenters. The standard InChI is InChI=1S/C13H19N3O/c17-9-13-11-6-7-14-8-12(11)15-16(13)10-4-2-1-3-5-10/h9-10,14H,1-8H2. The van der Waals surface area contributed by atoms with Gasteiger partial charge >= 0.3 is 0 Å². The first-order valence-electron chi connectivity index (χ1n) is 6.66. The lowest BCUT2D eigenvalue weighted by Crippen LogP contribution is -2.23. The molecule has 0 spiro atoms. The number of aldehydes is 1. The van der Waals surface area contributed by atoms with Gasteiger partial charge in [-0.2, -0.15) is 5.10 Å². The Morgan fingerprint density at radius 1 is 1.29 bits per heavy atom. The smallest absolute Gasteiger partial charge is 0.168 e. The Bertz CT molecular complexity index is 419. The molecule has 0 radical (unpaired) electrons. The predicted molar refractivity (Wildman–Crippen MR) is 65.1 cm³/mol. The molecule has 1 aromatic heterocycles. The van der Waals surface area contributed by atoms with E-state index in [2.05, 4.69) is 10.4 Å². The van der Waals surface area contributed by atoms with E-state index in [9.17, 15) is 4.79 Å². The third-order valence-electron chi connectivity index (χ3n) is 4.01. The molecule has 2 aliphatic rings. The van der Waals surface area contributed by atoms with Crippen LogP contribution in [0.4, 0.5) is 0 Å². The van der Waals surface area contributed by atoms with E-state index in [0.717, 1.165) is 37.2 Å². The van der Waals surface area contributed by atoms with E-state index in [1.165, 1.54) is 37.7 Å². The van der Waals surface area contributed by atoms with Gasteiger partial charge in [0.2, 0.25) is 0 Å². The summed E-state index contributed by atoms with van der Waals surface area (Å²) in [4.78, 5) is 11.3. The molecule has 1 N–H and O–H groups in total. The van der Waals surface area contributed by atoms with E-state index in [-0.39, 0.29) is 0 Å². The molecule has 0 aromatic carbocycles. The van der Waals surface area contributed by atoms with Gasteiger partial charge in [0.1, 0.15) is 5.69 Å². The monoisotopic (exact) mass is 233 g/mol. The van der Waals surface area contributed by atoms with Crippen LogP contribution in [0.3, 0.4) is 0 Å². The van der Waals surface area contributed by atoms with Gasteiger partial charge in [0.15, 0.2) is 6.29 Å². The molecule has 1 saturated carbocycles. The van der Waals surface area contributed by atoms with Crippen molar-refractivity contribution in [3.8, 4) is 0 Å². The zero-order valence-corrected chi connectivity index (χ0v) is 10.1. The van der Waals surface area contributed by atoms with Gasteiger partial charge in [-0.15, -0.1) is 0 Å². The summed E-state index contributed by atoms with van der Waals surface area (Å²) >= 11 is 0. The highest BCUT2D eigenvalue weighted by atomic mass is 16.1. The molecule has 17 heavy (non-hydrogen) atoms. The normalized spacial score (nSPS) is 21.2. The van der Waals surface area contributed by atoms with Crippen LogP contribution < -0.4 is 5.32 Å². The van der Waals surface area contributed by atoms with Crippen LogP contribution in [0.1, 0.15) is 59.9 Å². The van der Waals surface area contributed by atoms with Gasteiger partial charge in [-0.05, 0) is 25.8 Å². The maximum atomic E-state index is 11.3. The minimum absolute atomic E-state index is 0.453. The first-order chi connectivity index (χ1) is 8.40.